The zero-order chi connectivity index (χ0) is 24.6. The highest BCUT2D eigenvalue weighted by Crippen LogP contribution is 2.47. The van der Waals surface area contributed by atoms with Crippen LogP contribution in [-0.4, -0.2) is 44.4 Å². The van der Waals surface area contributed by atoms with Gasteiger partial charge in [-0.1, -0.05) is 36.4 Å². The number of benzene rings is 2. The van der Waals surface area contributed by atoms with Crippen LogP contribution in [0.2, 0.25) is 0 Å². The van der Waals surface area contributed by atoms with Gasteiger partial charge < -0.3 is 19.1 Å². The third kappa shape index (κ3) is 4.92. The number of nitrogens with zero attached hydrogens (tertiary/aromatic N) is 1. The van der Waals surface area contributed by atoms with E-state index in [0.29, 0.717) is 25.9 Å². The molecule has 1 saturated heterocycles. The van der Waals surface area contributed by atoms with Crippen LogP contribution in [0, 0.1) is 5.92 Å². The summed E-state index contributed by atoms with van der Waals surface area (Å²) in [4.78, 5) is 14.5. The van der Waals surface area contributed by atoms with Gasteiger partial charge in [0.15, 0.2) is 9.84 Å². The average molecular weight is 486 g/mol. The van der Waals surface area contributed by atoms with Crippen molar-refractivity contribution in [2.45, 2.75) is 49.9 Å². The van der Waals surface area contributed by atoms with Crippen LogP contribution in [0.25, 0.3) is 11.1 Å². The Bertz CT molecular complexity index is 1160. The summed E-state index contributed by atoms with van der Waals surface area (Å²) in [5, 5.41) is 0. The molecule has 182 valence electrons. The molecule has 2 aliphatic heterocycles. The van der Waals surface area contributed by atoms with Gasteiger partial charge in [0.05, 0.1) is 4.90 Å². The molecule has 2 aromatic carbocycles. The number of sulfone groups is 1. The van der Waals surface area contributed by atoms with Gasteiger partial charge in [-0.3, -0.25) is 0 Å². The Morgan fingerprint density at radius 2 is 1.59 bits per heavy atom. The first-order valence-corrected chi connectivity index (χ1v) is 13.3. The fourth-order valence-corrected chi connectivity index (χ4v) is 5.14. The molecule has 0 unspecified atom stereocenters. The van der Waals surface area contributed by atoms with E-state index < -0.39 is 21.2 Å². The number of amides is 1. The lowest BCUT2D eigenvalue weighted by molar-refractivity contribution is -0.199. The number of likely N-dealkylation sites (tertiary alicyclic amines) is 1. The first kappa shape index (κ1) is 24.1. The van der Waals surface area contributed by atoms with Crippen molar-refractivity contribution < 1.29 is 27.4 Å². The molecule has 0 bridgehead atoms. The van der Waals surface area contributed by atoms with Crippen molar-refractivity contribution in [3.63, 3.8) is 0 Å². The molecular weight excluding hydrogens is 454 g/mol. The highest BCUT2D eigenvalue weighted by Gasteiger charge is 2.49. The number of hydrogen-bond donors (Lipinski definition) is 0. The Labute approximate surface area is 201 Å². The highest BCUT2D eigenvalue weighted by atomic mass is 32.2. The van der Waals surface area contributed by atoms with Crippen LogP contribution in [-0.2, 0) is 29.8 Å². The molecule has 7 nitrogen and oxygen atoms in total. The summed E-state index contributed by atoms with van der Waals surface area (Å²) < 4.78 is 41.6. The first-order chi connectivity index (χ1) is 16.0. The lowest BCUT2D eigenvalue weighted by Crippen LogP contribution is -2.47. The van der Waals surface area contributed by atoms with Crippen LogP contribution >= 0.6 is 0 Å². The highest BCUT2D eigenvalue weighted by molar-refractivity contribution is 7.90. The molecule has 0 radical (unpaired) electrons. The summed E-state index contributed by atoms with van der Waals surface area (Å²) in [7, 11) is -3.28. The van der Waals surface area contributed by atoms with Crippen LogP contribution in [0.3, 0.4) is 0 Å². The van der Waals surface area contributed by atoms with Gasteiger partial charge in [-0.05, 0) is 56.9 Å². The molecule has 0 saturated carbocycles. The zero-order valence-corrected chi connectivity index (χ0v) is 20.8. The van der Waals surface area contributed by atoms with E-state index >= 15 is 0 Å². The van der Waals surface area contributed by atoms with Crippen molar-refractivity contribution in [1.82, 2.24) is 4.90 Å². The second-order valence-electron chi connectivity index (χ2n) is 9.76. The van der Waals surface area contributed by atoms with Crippen LogP contribution in [0.1, 0.15) is 39.2 Å². The van der Waals surface area contributed by atoms with Gasteiger partial charge in [0.2, 0.25) is 0 Å². The molecule has 2 aliphatic rings. The normalized spacial score (nSPS) is 18.3. The van der Waals surface area contributed by atoms with E-state index in [-0.39, 0.29) is 16.9 Å². The summed E-state index contributed by atoms with van der Waals surface area (Å²) in [6.45, 7) is 6.66. The molecular formula is C26H31NO6S. The predicted molar refractivity (Wildman–Crippen MR) is 129 cm³/mol. The zero-order valence-electron chi connectivity index (χ0n) is 20.0. The van der Waals surface area contributed by atoms with Crippen LogP contribution < -0.4 is 0 Å². The van der Waals surface area contributed by atoms with Gasteiger partial charge in [0, 0.05) is 30.8 Å². The summed E-state index contributed by atoms with van der Waals surface area (Å²) >= 11 is 0. The van der Waals surface area contributed by atoms with Crippen molar-refractivity contribution >= 4 is 15.9 Å². The maximum absolute atomic E-state index is 12.5. The monoisotopic (exact) mass is 485 g/mol. The van der Waals surface area contributed by atoms with Crippen molar-refractivity contribution in [2.75, 3.05) is 19.3 Å². The Kier molecular flexibility index (Phi) is 6.38. The molecule has 0 atom stereocenters. The summed E-state index contributed by atoms with van der Waals surface area (Å²) in [5.41, 5.74) is 2.10. The third-order valence-electron chi connectivity index (χ3n) is 6.12. The SMILES string of the molecule is CC(C)(C)OC(=O)N1CCC(C2(c3ccccc3-c3ccc(S(C)(=O)=O)cc3)OC=CO2)CC1. The van der Waals surface area contributed by atoms with E-state index in [0.717, 1.165) is 16.7 Å². The van der Waals surface area contributed by atoms with E-state index in [2.05, 4.69) is 0 Å². The summed E-state index contributed by atoms with van der Waals surface area (Å²) in [6.07, 6.45) is 5.37. The van der Waals surface area contributed by atoms with Gasteiger partial charge >= 0.3 is 6.09 Å². The van der Waals surface area contributed by atoms with Crippen molar-refractivity contribution in [1.29, 1.82) is 0 Å². The molecule has 0 aliphatic carbocycles. The van der Waals surface area contributed by atoms with E-state index in [1.165, 1.54) is 6.26 Å². The minimum atomic E-state index is -3.28. The van der Waals surface area contributed by atoms with E-state index in [9.17, 15) is 13.2 Å². The van der Waals surface area contributed by atoms with E-state index in [1.807, 2.05) is 45.0 Å². The maximum atomic E-state index is 12.5. The lowest BCUT2D eigenvalue weighted by atomic mass is 9.81. The molecule has 2 heterocycles. The van der Waals surface area contributed by atoms with Crippen molar-refractivity contribution in [3.8, 4) is 11.1 Å². The minimum Gasteiger partial charge on any atom is -0.452 e. The largest absolute Gasteiger partial charge is 0.452 e. The third-order valence-corrected chi connectivity index (χ3v) is 7.25. The molecule has 2 aromatic rings. The van der Waals surface area contributed by atoms with Gasteiger partial charge in [0.1, 0.15) is 18.1 Å². The average Bonchev–Trinajstić information content (AvgIpc) is 3.29. The molecule has 0 aromatic heterocycles. The molecule has 8 heteroatoms. The number of ether oxygens (including phenoxy) is 3. The second-order valence-corrected chi connectivity index (χ2v) is 11.8. The fraction of sp³-hybridized carbons (Fsp3) is 0.423. The molecule has 4 rings (SSSR count). The van der Waals surface area contributed by atoms with Gasteiger partial charge in [-0.15, -0.1) is 0 Å². The van der Waals surface area contributed by atoms with Crippen molar-refractivity contribution in [2.24, 2.45) is 5.92 Å². The van der Waals surface area contributed by atoms with Crippen LogP contribution in [0.5, 0.6) is 0 Å². The summed E-state index contributed by atoms with van der Waals surface area (Å²) in [6, 6.07) is 14.7. The van der Waals surface area contributed by atoms with Crippen LogP contribution in [0.4, 0.5) is 4.79 Å². The first-order valence-electron chi connectivity index (χ1n) is 11.4. The fourth-order valence-electron chi connectivity index (χ4n) is 4.51. The van der Waals surface area contributed by atoms with Gasteiger partial charge in [-0.2, -0.15) is 0 Å². The topological polar surface area (TPSA) is 82.1 Å². The van der Waals surface area contributed by atoms with Gasteiger partial charge in [0.25, 0.3) is 5.79 Å². The molecule has 1 amide bonds. The smallest absolute Gasteiger partial charge is 0.410 e. The summed E-state index contributed by atoms with van der Waals surface area (Å²) in [5.74, 6) is -1.02. The number of carbonyl (C=O) groups is 1. The Hall–Kier alpha value is -3.00. The van der Waals surface area contributed by atoms with Gasteiger partial charge in [-0.25, -0.2) is 13.2 Å². The molecule has 0 spiro atoms. The minimum absolute atomic E-state index is 0.00219. The van der Waals surface area contributed by atoms with Crippen LogP contribution in [0.15, 0.2) is 66.0 Å². The maximum Gasteiger partial charge on any atom is 0.410 e. The Morgan fingerprint density at radius 1 is 1.00 bits per heavy atom. The molecule has 0 N–H and O–H groups in total. The number of piperidine rings is 1. The van der Waals surface area contributed by atoms with E-state index in [1.54, 1.807) is 41.7 Å². The number of hydrogen-bond acceptors (Lipinski definition) is 6. The lowest BCUT2D eigenvalue weighted by Gasteiger charge is -2.41. The standard InChI is InChI=1S/C26H31NO6S/c1-25(2,3)33-24(28)27-15-13-20(14-16-27)26(31-17-18-32-26)23-8-6-5-7-22(23)19-9-11-21(12-10-19)34(4,29)30/h5-12,17-18,20H,13-16H2,1-4H3. The number of rotatable bonds is 4. The van der Waals surface area contributed by atoms with E-state index in [4.69, 9.17) is 14.2 Å². The Morgan fingerprint density at radius 3 is 2.15 bits per heavy atom. The molecule has 34 heavy (non-hydrogen) atoms. The number of carbonyl (C=O) groups excluding carboxylic acids is 1. The predicted octanol–water partition coefficient (Wildman–Crippen LogP) is 5.08. The van der Waals surface area contributed by atoms with Crippen molar-refractivity contribution in [3.05, 3.63) is 66.6 Å². The molecule has 1 fully saturated rings. The quantitative estimate of drug-likeness (QED) is 0.601. The Balaban J connectivity index is 1.61. The second kappa shape index (κ2) is 8.98.